The molecule has 0 aliphatic carbocycles. The second-order valence-corrected chi connectivity index (χ2v) is 8.36. The predicted octanol–water partition coefficient (Wildman–Crippen LogP) is 7.14. The second kappa shape index (κ2) is 11.1. The van der Waals surface area contributed by atoms with Crippen molar-refractivity contribution in [2.24, 2.45) is 0 Å². The van der Waals surface area contributed by atoms with Crippen LogP contribution in [-0.4, -0.2) is 23.3 Å². The van der Waals surface area contributed by atoms with Crippen molar-refractivity contribution in [2.75, 3.05) is 6.54 Å². The fourth-order valence-corrected chi connectivity index (χ4v) is 4.39. The maximum atomic E-state index is 12.9. The van der Waals surface area contributed by atoms with Crippen molar-refractivity contribution >= 4 is 22.6 Å². The van der Waals surface area contributed by atoms with E-state index >= 15 is 0 Å². The number of amides is 2. The van der Waals surface area contributed by atoms with Gasteiger partial charge in [0.15, 0.2) is 0 Å². The van der Waals surface area contributed by atoms with E-state index in [1.165, 1.54) is 69.1 Å². The first-order valence-electron chi connectivity index (χ1n) is 11.6. The summed E-state index contributed by atoms with van der Waals surface area (Å²) in [7, 11) is 0. The number of unbranched alkanes of at least 4 members (excludes halogenated alkanes) is 11. The molecule has 0 N–H and O–H groups in total. The summed E-state index contributed by atoms with van der Waals surface area (Å²) in [6, 6.07) is 11.4. The van der Waals surface area contributed by atoms with Gasteiger partial charge in [0.05, 0.1) is 0 Å². The van der Waals surface area contributed by atoms with Crippen LogP contribution in [-0.2, 0) is 0 Å². The highest BCUT2D eigenvalue weighted by molar-refractivity contribution is 6.25. The average molecular weight is 394 g/mol. The normalized spacial score (nSPS) is 13.5. The van der Waals surface area contributed by atoms with E-state index in [0.717, 1.165) is 23.6 Å². The first-order valence-corrected chi connectivity index (χ1v) is 11.6. The summed E-state index contributed by atoms with van der Waals surface area (Å²) >= 11 is 0. The van der Waals surface area contributed by atoms with Crippen molar-refractivity contribution < 1.29 is 9.59 Å². The van der Waals surface area contributed by atoms with Crippen molar-refractivity contribution in [1.29, 1.82) is 0 Å². The first-order chi connectivity index (χ1) is 14.2. The van der Waals surface area contributed by atoms with Gasteiger partial charge in [-0.3, -0.25) is 14.5 Å². The highest BCUT2D eigenvalue weighted by atomic mass is 16.2. The maximum absolute atomic E-state index is 12.9. The van der Waals surface area contributed by atoms with Gasteiger partial charge < -0.3 is 0 Å². The van der Waals surface area contributed by atoms with Gasteiger partial charge in [0, 0.05) is 23.1 Å². The van der Waals surface area contributed by atoms with Crippen LogP contribution >= 0.6 is 0 Å². The molecule has 0 unspecified atom stereocenters. The van der Waals surface area contributed by atoms with E-state index in [1.54, 1.807) is 0 Å². The number of carbonyl (C=O) groups is 2. The molecule has 0 spiro atoms. The summed E-state index contributed by atoms with van der Waals surface area (Å²) in [6.45, 7) is 2.79. The quantitative estimate of drug-likeness (QED) is 0.268. The molecule has 0 saturated heterocycles. The van der Waals surface area contributed by atoms with Crippen LogP contribution in [0, 0.1) is 0 Å². The van der Waals surface area contributed by atoms with Gasteiger partial charge in [0.25, 0.3) is 11.8 Å². The third-order valence-electron chi connectivity index (χ3n) is 6.09. The van der Waals surface area contributed by atoms with E-state index in [2.05, 4.69) is 6.92 Å². The molecule has 1 aliphatic heterocycles. The van der Waals surface area contributed by atoms with Gasteiger partial charge in [-0.1, -0.05) is 102 Å². The summed E-state index contributed by atoms with van der Waals surface area (Å²) in [5, 5.41) is 1.78. The summed E-state index contributed by atoms with van der Waals surface area (Å²) in [4.78, 5) is 27.2. The predicted molar refractivity (Wildman–Crippen MR) is 120 cm³/mol. The summed E-state index contributed by atoms with van der Waals surface area (Å²) in [6.07, 6.45) is 15.3. The second-order valence-electron chi connectivity index (χ2n) is 8.36. The van der Waals surface area contributed by atoms with Crippen molar-refractivity contribution in [3.8, 4) is 0 Å². The molecule has 156 valence electrons. The minimum Gasteiger partial charge on any atom is -0.274 e. The molecule has 2 amide bonds. The van der Waals surface area contributed by atoms with E-state index < -0.39 is 0 Å². The largest absolute Gasteiger partial charge is 0.274 e. The maximum Gasteiger partial charge on any atom is 0.261 e. The molecule has 2 aromatic rings. The topological polar surface area (TPSA) is 37.4 Å². The molecule has 1 aliphatic rings. The van der Waals surface area contributed by atoms with Crippen LogP contribution < -0.4 is 0 Å². The van der Waals surface area contributed by atoms with Crippen molar-refractivity contribution in [3.05, 3.63) is 47.5 Å². The Balaban J connectivity index is 1.37. The third kappa shape index (κ3) is 5.46. The van der Waals surface area contributed by atoms with E-state index in [1.807, 2.05) is 36.4 Å². The minimum atomic E-state index is -0.137. The lowest BCUT2D eigenvalue weighted by atomic mass is 9.94. The molecule has 29 heavy (non-hydrogen) atoms. The lowest BCUT2D eigenvalue weighted by Crippen LogP contribution is -2.40. The summed E-state index contributed by atoms with van der Waals surface area (Å²) in [5.41, 5.74) is 1.33. The van der Waals surface area contributed by atoms with Gasteiger partial charge in [-0.2, -0.15) is 0 Å². The molecule has 0 bridgehead atoms. The van der Waals surface area contributed by atoms with Crippen LogP contribution in [0.15, 0.2) is 36.4 Å². The van der Waals surface area contributed by atoms with Crippen molar-refractivity contribution in [3.63, 3.8) is 0 Å². The molecular formula is C26H35NO2. The SMILES string of the molecule is CCCCCCCCCCCCCCN1C(=O)c2cccc3cccc(c23)C1=O. The number of nitrogens with zero attached hydrogens (tertiary/aromatic N) is 1. The van der Waals surface area contributed by atoms with E-state index in [4.69, 9.17) is 0 Å². The molecule has 0 radical (unpaired) electrons. The smallest absolute Gasteiger partial charge is 0.261 e. The molecule has 1 heterocycles. The van der Waals surface area contributed by atoms with Crippen molar-refractivity contribution in [2.45, 2.75) is 84.0 Å². The van der Waals surface area contributed by atoms with Crippen LogP contribution in [0.25, 0.3) is 10.8 Å². The standard InChI is InChI=1S/C26H35NO2/c1-2-3-4-5-6-7-8-9-10-11-12-13-20-27-25(28)22-18-14-16-21-17-15-19-23(24(21)22)26(27)29/h14-19H,2-13,20H2,1H3. The number of benzene rings is 2. The Morgan fingerprint density at radius 2 is 1.07 bits per heavy atom. The number of imide groups is 1. The van der Waals surface area contributed by atoms with Gasteiger partial charge in [0.2, 0.25) is 0 Å². The highest BCUT2D eigenvalue weighted by Gasteiger charge is 2.31. The molecule has 0 atom stereocenters. The molecule has 0 fully saturated rings. The first kappa shape index (κ1) is 21.5. The molecule has 3 nitrogen and oxygen atoms in total. The highest BCUT2D eigenvalue weighted by Crippen LogP contribution is 2.30. The molecular weight excluding hydrogens is 358 g/mol. The van der Waals surface area contributed by atoms with Crippen LogP contribution in [0.1, 0.15) is 105 Å². The Morgan fingerprint density at radius 3 is 1.55 bits per heavy atom. The fraction of sp³-hybridized carbons (Fsp3) is 0.538. The summed E-state index contributed by atoms with van der Waals surface area (Å²) in [5.74, 6) is -0.273. The van der Waals surface area contributed by atoms with E-state index in [0.29, 0.717) is 17.7 Å². The molecule has 3 rings (SSSR count). The Kier molecular flexibility index (Phi) is 8.27. The van der Waals surface area contributed by atoms with Gasteiger partial charge in [0.1, 0.15) is 0 Å². The zero-order valence-corrected chi connectivity index (χ0v) is 17.9. The monoisotopic (exact) mass is 393 g/mol. The minimum absolute atomic E-state index is 0.137. The van der Waals surface area contributed by atoms with Gasteiger partial charge >= 0.3 is 0 Å². The van der Waals surface area contributed by atoms with E-state index in [9.17, 15) is 9.59 Å². The number of rotatable bonds is 13. The molecule has 2 aromatic carbocycles. The Bertz CT molecular complexity index is 776. The molecule has 3 heteroatoms. The number of hydrogen-bond donors (Lipinski definition) is 0. The molecule has 0 aromatic heterocycles. The Hall–Kier alpha value is -2.16. The zero-order chi connectivity index (χ0) is 20.5. The van der Waals surface area contributed by atoms with Crippen LogP contribution in [0.4, 0.5) is 0 Å². The average Bonchev–Trinajstić information content (AvgIpc) is 2.74. The lowest BCUT2D eigenvalue weighted by molar-refractivity contribution is 0.0607. The van der Waals surface area contributed by atoms with Gasteiger partial charge in [-0.25, -0.2) is 0 Å². The van der Waals surface area contributed by atoms with Gasteiger partial charge in [-0.05, 0) is 23.9 Å². The van der Waals surface area contributed by atoms with Crippen LogP contribution in [0.2, 0.25) is 0 Å². The lowest BCUT2D eigenvalue weighted by Gasteiger charge is -2.27. The Labute approximate surface area is 175 Å². The molecule has 0 saturated carbocycles. The number of carbonyl (C=O) groups excluding carboxylic acids is 2. The number of hydrogen-bond acceptors (Lipinski definition) is 2. The van der Waals surface area contributed by atoms with E-state index in [-0.39, 0.29) is 11.8 Å². The van der Waals surface area contributed by atoms with Crippen molar-refractivity contribution in [1.82, 2.24) is 4.90 Å². The third-order valence-corrected chi connectivity index (χ3v) is 6.09. The summed E-state index contributed by atoms with van der Waals surface area (Å²) < 4.78 is 0. The van der Waals surface area contributed by atoms with Crippen LogP contribution in [0.5, 0.6) is 0 Å². The Morgan fingerprint density at radius 1 is 0.621 bits per heavy atom. The van der Waals surface area contributed by atoms with Gasteiger partial charge in [-0.15, -0.1) is 0 Å². The zero-order valence-electron chi connectivity index (χ0n) is 17.9. The fourth-order valence-electron chi connectivity index (χ4n) is 4.39. The van der Waals surface area contributed by atoms with Crippen LogP contribution in [0.3, 0.4) is 0 Å².